The molecule has 1 spiro atoms. The number of aromatic carboxylic acids is 1. The third-order valence-electron chi connectivity index (χ3n) is 8.04. The first kappa shape index (κ1) is 21.3. The lowest BCUT2D eigenvalue weighted by molar-refractivity contribution is -0.142. The molecule has 3 aromatic rings. The van der Waals surface area contributed by atoms with E-state index in [0.29, 0.717) is 17.9 Å². The number of ether oxygens (including phenoxy) is 1. The second-order valence-electron chi connectivity index (χ2n) is 10.0. The molecule has 3 aliphatic rings. The molecule has 1 amide bonds. The van der Waals surface area contributed by atoms with Gasteiger partial charge in [-0.05, 0) is 72.3 Å². The van der Waals surface area contributed by atoms with E-state index in [1.54, 1.807) is 6.07 Å². The van der Waals surface area contributed by atoms with Crippen molar-refractivity contribution in [3.63, 3.8) is 0 Å². The molecular weight excluding hydrogens is 428 g/mol. The van der Waals surface area contributed by atoms with Crippen molar-refractivity contribution >= 4 is 22.8 Å². The van der Waals surface area contributed by atoms with Crippen molar-refractivity contribution in [1.82, 2.24) is 9.88 Å². The van der Waals surface area contributed by atoms with Gasteiger partial charge in [-0.2, -0.15) is 0 Å². The molecule has 174 valence electrons. The fourth-order valence-corrected chi connectivity index (χ4v) is 5.85. The second kappa shape index (κ2) is 8.20. The summed E-state index contributed by atoms with van der Waals surface area (Å²) in [5.74, 6) is -0.195. The Balaban J connectivity index is 1.12. The molecule has 1 saturated carbocycles. The Labute approximate surface area is 198 Å². The van der Waals surface area contributed by atoms with E-state index in [1.807, 2.05) is 23.1 Å². The predicted octanol–water partition coefficient (Wildman–Crippen LogP) is 4.88. The lowest BCUT2D eigenvalue weighted by atomic mass is 9.88. The number of piperidine rings is 1. The Bertz CT molecular complexity index is 1260. The maximum atomic E-state index is 12.7. The molecule has 1 N–H and O–H groups in total. The van der Waals surface area contributed by atoms with Gasteiger partial charge in [-0.15, -0.1) is 0 Å². The molecule has 0 bridgehead atoms. The van der Waals surface area contributed by atoms with Gasteiger partial charge in [-0.25, -0.2) is 4.79 Å². The lowest BCUT2D eigenvalue weighted by Gasteiger charge is -2.34. The molecule has 0 radical (unpaired) electrons. The van der Waals surface area contributed by atoms with Gasteiger partial charge < -0.3 is 14.7 Å². The number of hydrogen-bond donors (Lipinski definition) is 1. The van der Waals surface area contributed by atoms with Crippen LogP contribution in [-0.2, 0) is 9.53 Å². The smallest absolute Gasteiger partial charge is 0.337 e. The van der Waals surface area contributed by atoms with Gasteiger partial charge in [-0.3, -0.25) is 9.78 Å². The van der Waals surface area contributed by atoms with Crippen LogP contribution in [0.15, 0.2) is 54.7 Å². The second-order valence-corrected chi connectivity index (χ2v) is 10.0. The summed E-state index contributed by atoms with van der Waals surface area (Å²) in [6.45, 7) is 2.41. The summed E-state index contributed by atoms with van der Waals surface area (Å²) in [6.07, 6.45) is 6.42. The lowest BCUT2D eigenvalue weighted by Crippen LogP contribution is -2.44. The molecular formula is C28H28N2O4. The molecule has 6 heteroatoms. The highest BCUT2D eigenvalue weighted by Gasteiger charge is 2.55. The van der Waals surface area contributed by atoms with Crippen LogP contribution >= 0.6 is 0 Å². The van der Waals surface area contributed by atoms with Crippen molar-refractivity contribution in [2.45, 2.75) is 44.1 Å². The molecule has 3 heterocycles. The van der Waals surface area contributed by atoms with Gasteiger partial charge in [0.1, 0.15) is 6.10 Å². The largest absolute Gasteiger partial charge is 0.478 e. The molecule has 2 saturated heterocycles. The zero-order valence-corrected chi connectivity index (χ0v) is 19.1. The van der Waals surface area contributed by atoms with Crippen LogP contribution in [0.5, 0.6) is 0 Å². The SMILES string of the molecule is O=C(O)c1cnc2cc(-c3ccc([C@H]4CC45CCN(C(=O)[C@H]4CCCO4)CC5)cc3)ccc2c1. The zero-order valence-electron chi connectivity index (χ0n) is 19.1. The maximum Gasteiger partial charge on any atom is 0.337 e. The topological polar surface area (TPSA) is 79.7 Å². The average Bonchev–Trinajstić information content (AvgIpc) is 3.28. The normalized spacial score (nSPS) is 23.4. The number of aromatic nitrogens is 1. The quantitative estimate of drug-likeness (QED) is 0.606. The number of likely N-dealkylation sites (tertiary alicyclic amines) is 1. The minimum atomic E-state index is -0.966. The Hall–Kier alpha value is -3.25. The summed E-state index contributed by atoms with van der Waals surface area (Å²) in [5.41, 5.74) is 4.92. The van der Waals surface area contributed by atoms with E-state index in [9.17, 15) is 9.59 Å². The van der Waals surface area contributed by atoms with E-state index >= 15 is 0 Å². The number of carboxylic acids is 1. The number of hydrogen-bond acceptors (Lipinski definition) is 4. The Morgan fingerprint density at radius 2 is 1.79 bits per heavy atom. The van der Waals surface area contributed by atoms with Crippen LogP contribution in [0.2, 0.25) is 0 Å². The van der Waals surface area contributed by atoms with E-state index in [2.05, 4.69) is 29.2 Å². The summed E-state index contributed by atoms with van der Waals surface area (Å²) in [4.78, 5) is 30.2. The molecule has 2 atom stereocenters. The highest BCUT2D eigenvalue weighted by molar-refractivity contribution is 5.93. The van der Waals surface area contributed by atoms with E-state index in [4.69, 9.17) is 9.84 Å². The highest BCUT2D eigenvalue weighted by atomic mass is 16.5. The minimum Gasteiger partial charge on any atom is -0.478 e. The monoisotopic (exact) mass is 456 g/mol. The van der Waals surface area contributed by atoms with Crippen molar-refractivity contribution in [2.24, 2.45) is 5.41 Å². The van der Waals surface area contributed by atoms with Crippen LogP contribution < -0.4 is 0 Å². The van der Waals surface area contributed by atoms with E-state index in [0.717, 1.165) is 60.8 Å². The molecule has 2 aliphatic heterocycles. The zero-order chi connectivity index (χ0) is 23.3. The van der Waals surface area contributed by atoms with E-state index < -0.39 is 5.97 Å². The summed E-state index contributed by atoms with van der Waals surface area (Å²) < 4.78 is 5.59. The molecule has 1 aliphatic carbocycles. The summed E-state index contributed by atoms with van der Waals surface area (Å²) in [7, 11) is 0. The van der Waals surface area contributed by atoms with Gasteiger partial charge >= 0.3 is 5.97 Å². The number of benzene rings is 2. The van der Waals surface area contributed by atoms with Crippen molar-refractivity contribution in [2.75, 3.05) is 19.7 Å². The third-order valence-corrected chi connectivity index (χ3v) is 8.04. The Kier molecular flexibility index (Phi) is 5.14. The van der Waals surface area contributed by atoms with Gasteiger partial charge in [0.2, 0.25) is 0 Å². The van der Waals surface area contributed by atoms with Gasteiger partial charge in [0.05, 0.1) is 11.1 Å². The van der Waals surface area contributed by atoms with Crippen LogP contribution in [0.3, 0.4) is 0 Å². The molecule has 3 fully saturated rings. The first-order valence-corrected chi connectivity index (χ1v) is 12.2. The molecule has 6 rings (SSSR count). The van der Waals surface area contributed by atoms with Crippen molar-refractivity contribution in [3.05, 3.63) is 65.9 Å². The molecule has 0 unspecified atom stereocenters. The number of amides is 1. The van der Waals surface area contributed by atoms with Crippen LogP contribution in [-0.4, -0.2) is 52.7 Å². The first-order chi connectivity index (χ1) is 16.5. The number of pyridine rings is 1. The fourth-order valence-electron chi connectivity index (χ4n) is 5.85. The molecule has 6 nitrogen and oxygen atoms in total. The summed E-state index contributed by atoms with van der Waals surface area (Å²) in [6, 6.07) is 16.4. The summed E-state index contributed by atoms with van der Waals surface area (Å²) in [5, 5.41) is 9.99. The van der Waals surface area contributed by atoms with Gasteiger partial charge in [-0.1, -0.05) is 36.4 Å². The van der Waals surface area contributed by atoms with E-state index in [-0.39, 0.29) is 17.6 Å². The maximum absolute atomic E-state index is 12.7. The van der Waals surface area contributed by atoms with Crippen molar-refractivity contribution < 1.29 is 19.4 Å². The van der Waals surface area contributed by atoms with Crippen molar-refractivity contribution in [1.29, 1.82) is 0 Å². The van der Waals surface area contributed by atoms with Gasteiger partial charge in [0.15, 0.2) is 0 Å². The van der Waals surface area contributed by atoms with Crippen LogP contribution in [0.25, 0.3) is 22.0 Å². The first-order valence-electron chi connectivity index (χ1n) is 12.2. The third kappa shape index (κ3) is 3.76. The predicted molar refractivity (Wildman–Crippen MR) is 129 cm³/mol. The fraction of sp³-hybridized carbons (Fsp3) is 0.393. The minimum absolute atomic E-state index is 0.193. The van der Waals surface area contributed by atoms with Crippen molar-refractivity contribution in [3.8, 4) is 11.1 Å². The van der Waals surface area contributed by atoms with Gasteiger partial charge in [0, 0.05) is 31.3 Å². The number of fused-ring (bicyclic) bond motifs is 1. The standard InChI is InChI=1S/C28H28N2O4/c31-26(25-2-1-13-34-25)30-11-9-28(10-12-30)16-23(28)19-5-3-18(4-6-19)20-7-8-21-14-22(27(32)33)17-29-24(21)15-20/h3-8,14-15,17,23,25H,1-2,9-13,16H2,(H,32,33)/t23-,25-/m1/s1. The summed E-state index contributed by atoms with van der Waals surface area (Å²) >= 11 is 0. The molecule has 34 heavy (non-hydrogen) atoms. The number of nitrogens with zero attached hydrogens (tertiary/aromatic N) is 2. The number of carboxylic acid groups (broad SMARTS) is 1. The Morgan fingerprint density at radius 1 is 1.03 bits per heavy atom. The van der Waals surface area contributed by atoms with Crippen LogP contribution in [0, 0.1) is 5.41 Å². The number of carbonyl (C=O) groups is 2. The van der Waals surface area contributed by atoms with E-state index in [1.165, 1.54) is 18.2 Å². The number of carbonyl (C=O) groups excluding carboxylic acids is 1. The average molecular weight is 457 g/mol. The van der Waals surface area contributed by atoms with Crippen LogP contribution in [0.1, 0.15) is 53.9 Å². The molecule has 2 aromatic carbocycles. The Morgan fingerprint density at radius 3 is 2.50 bits per heavy atom. The van der Waals surface area contributed by atoms with Crippen LogP contribution in [0.4, 0.5) is 0 Å². The molecule has 1 aromatic heterocycles. The highest BCUT2D eigenvalue weighted by Crippen LogP contribution is 2.65. The number of rotatable bonds is 4. The van der Waals surface area contributed by atoms with Gasteiger partial charge in [0.25, 0.3) is 5.91 Å².